The summed E-state index contributed by atoms with van der Waals surface area (Å²) in [5.74, 6) is -0.967. The summed E-state index contributed by atoms with van der Waals surface area (Å²) in [6.07, 6.45) is 1.17. The van der Waals surface area contributed by atoms with Gasteiger partial charge in [0, 0.05) is 10.4 Å². The molecule has 0 bridgehead atoms. The van der Waals surface area contributed by atoms with Crippen LogP contribution in [0.1, 0.15) is 18.5 Å². The molecule has 26 heavy (non-hydrogen) atoms. The van der Waals surface area contributed by atoms with E-state index in [0.29, 0.717) is 16.5 Å². The van der Waals surface area contributed by atoms with Crippen LogP contribution in [0.4, 0.5) is 4.39 Å². The standard InChI is InChI=1S/C18H14Cl2FN3O2/c1-10(12-6-15(21)14(20)7-13(12)19)23-18(26)9-24-16-5-3-2-4-11(16)17(25)8-22-24/h2-8,10H,9H2,1H3,(H,23,26)/t10-/m1/s1. The van der Waals surface area contributed by atoms with E-state index >= 15 is 0 Å². The van der Waals surface area contributed by atoms with Gasteiger partial charge in [0.1, 0.15) is 12.4 Å². The number of benzene rings is 2. The minimum atomic E-state index is -0.611. The molecule has 0 aliphatic carbocycles. The molecule has 3 aromatic rings. The Kier molecular flexibility index (Phi) is 5.25. The van der Waals surface area contributed by atoms with Crippen molar-refractivity contribution in [1.29, 1.82) is 0 Å². The Morgan fingerprint density at radius 2 is 2.00 bits per heavy atom. The van der Waals surface area contributed by atoms with Gasteiger partial charge in [0.25, 0.3) is 0 Å². The summed E-state index contributed by atoms with van der Waals surface area (Å²) in [4.78, 5) is 24.2. The molecule has 5 nitrogen and oxygen atoms in total. The second kappa shape index (κ2) is 7.43. The Labute approximate surface area is 158 Å². The maximum Gasteiger partial charge on any atom is 0.242 e. The van der Waals surface area contributed by atoms with Crippen LogP contribution in [-0.4, -0.2) is 15.7 Å². The molecule has 0 saturated carbocycles. The smallest absolute Gasteiger partial charge is 0.242 e. The van der Waals surface area contributed by atoms with E-state index in [-0.39, 0.29) is 27.9 Å². The van der Waals surface area contributed by atoms with Crippen LogP contribution in [0.15, 0.2) is 47.4 Å². The first-order chi connectivity index (χ1) is 12.4. The number of aromatic nitrogens is 2. The highest BCUT2D eigenvalue weighted by atomic mass is 35.5. The molecule has 0 spiro atoms. The van der Waals surface area contributed by atoms with Gasteiger partial charge in [-0.05, 0) is 36.8 Å². The second-order valence-corrected chi connectivity index (χ2v) is 6.58. The molecule has 8 heteroatoms. The predicted octanol–water partition coefficient (Wildman–Crippen LogP) is 3.72. The Morgan fingerprint density at radius 3 is 2.77 bits per heavy atom. The number of para-hydroxylation sites is 1. The van der Waals surface area contributed by atoms with Gasteiger partial charge < -0.3 is 5.32 Å². The fourth-order valence-corrected chi connectivity index (χ4v) is 3.20. The summed E-state index contributed by atoms with van der Waals surface area (Å²) < 4.78 is 15.1. The van der Waals surface area contributed by atoms with Crippen molar-refractivity contribution in [2.75, 3.05) is 0 Å². The van der Waals surface area contributed by atoms with E-state index < -0.39 is 11.9 Å². The third-order valence-electron chi connectivity index (χ3n) is 3.94. The number of carbonyl (C=O) groups excluding carboxylic acids is 1. The average Bonchev–Trinajstić information content (AvgIpc) is 2.60. The van der Waals surface area contributed by atoms with Crippen molar-refractivity contribution in [2.24, 2.45) is 0 Å². The van der Waals surface area contributed by atoms with Gasteiger partial charge in [0.05, 0.1) is 22.8 Å². The quantitative estimate of drug-likeness (QED) is 0.686. The van der Waals surface area contributed by atoms with Gasteiger partial charge in [0.2, 0.25) is 11.3 Å². The molecule has 0 aliphatic rings. The number of hydrogen-bond acceptors (Lipinski definition) is 3. The van der Waals surface area contributed by atoms with Crippen molar-refractivity contribution in [3.8, 4) is 0 Å². The summed E-state index contributed by atoms with van der Waals surface area (Å²) in [7, 11) is 0. The first-order valence-corrected chi connectivity index (χ1v) is 8.51. The van der Waals surface area contributed by atoms with E-state index in [4.69, 9.17) is 23.2 Å². The Morgan fingerprint density at radius 1 is 1.27 bits per heavy atom. The molecule has 0 unspecified atom stereocenters. The van der Waals surface area contributed by atoms with Crippen LogP contribution in [-0.2, 0) is 11.3 Å². The van der Waals surface area contributed by atoms with Crippen LogP contribution in [0.25, 0.3) is 10.9 Å². The summed E-state index contributed by atoms with van der Waals surface area (Å²) in [5, 5.41) is 7.40. The highest BCUT2D eigenvalue weighted by molar-refractivity contribution is 6.35. The molecule has 0 fully saturated rings. The van der Waals surface area contributed by atoms with E-state index in [9.17, 15) is 14.0 Å². The molecule has 1 heterocycles. The van der Waals surface area contributed by atoms with E-state index in [2.05, 4.69) is 10.4 Å². The number of rotatable bonds is 4. The molecule has 1 atom stereocenters. The molecular formula is C18H14Cl2FN3O2. The van der Waals surface area contributed by atoms with Crippen LogP contribution in [0.3, 0.4) is 0 Å². The molecule has 0 saturated heterocycles. The Balaban J connectivity index is 1.81. The lowest BCUT2D eigenvalue weighted by molar-refractivity contribution is -0.122. The summed E-state index contributed by atoms with van der Waals surface area (Å²) in [6, 6.07) is 8.85. The van der Waals surface area contributed by atoms with E-state index in [0.717, 1.165) is 0 Å². The SMILES string of the molecule is C[C@@H](NC(=O)Cn1ncc(=O)c2ccccc21)c1cc(F)c(Cl)cc1Cl. The van der Waals surface area contributed by atoms with Crippen LogP contribution in [0.2, 0.25) is 10.0 Å². The third-order valence-corrected chi connectivity index (χ3v) is 4.56. The van der Waals surface area contributed by atoms with Crippen molar-refractivity contribution < 1.29 is 9.18 Å². The van der Waals surface area contributed by atoms with Crippen LogP contribution in [0.5, 0.6) is 0 Å². The summed E-state index contributed by atoms with van der Waals surface area (Å²) in [6.45, 7) is 1.59. The van der Waals surface area contributed by atoms with Gasteiger partial charge in [-0.25, -0.2) is 4.39 Å². The molecule has 0 radical (unpaired) electrons. The van der Waals surface area contributed by atoms with Crippen molar-refractivity contribution in [3.63, 3.8) is 0 Å². The van der Waals surface area contributed by atoms with Crippen LogP contribution in [0, 0.1) is 5.82 Å². The van der Waals surface area contributed by atoms with Gasteiger partial charge in [-0.1, -0.05) is 35.3 Å². The number of carbonyl (C=O) groups is 1. The Bertz CT molecular complexity index is 1050. The molecule has 134 valence electrons. The van der Waals surface area contributed by atoms with Gasteiger partial charge in [0.15, 0.2) is 0 Å². The number of amides is 1. The van der Waals surface area contributed by atoms with Crippen molar-refractivity contribution >= 4 is 40.0 Å². The number of nitrogens with one attached hydrogen (secondary N) is 1. The Hall–Kier alpha value is -2.44. The zero-order valence-electron chi connectivity index (χ0n) is 13.7. The molecule has 1 N–H and O–H groups in total. The molecule has 1 amide bonds. The lowest BCUT2D eigenvalue weighted by Gasteiger charge is -2.17. The van der Waals surface area contributed by atoms with Gasteiger partial charge in [-0.15, -0.1) is 0 Å². The molecule has 0 aliphatic heterocycles. The largest absolute Gasteiger partial charge is 0.348 e. The highest BCUT2D eigenvalue weighted by Crippen LogP contribution is 2.28. The zero-order chi connectivity index (χ0) is 18.8. The van der Waals surface area contributed by atoms with Crippen LogP contribution >= 0.6 is 23.2 Å². The fraction of sp³-hybridized carbons (Fsp3) is 0.167. The lowest BCUT2D eigenvalue weighted by Crippen LogP contribution is -2.31. The predicted molar refractivity (Wildman–Crippen MR) is 99.0 cm³/mol. The van der Waals surface area contributed by atoms with Crippen molar-refractivity contribution in [3.05, 3.63) is 74.2 Å². The van der Waals surface area contributed by atoms with E-state index in [1.54, 1.807) is 31.2 Å². The van der Waals surface area contributed by atoms with E-state index in [1.807, 2.05) is 0 Å². The topological polar surface area (TPSA) is 64.0 Å². The maximum atomic E-state index is 13.7. The first-order valence-electron chi connectivity index (χ1n) is 7.75. The second-order valence-electron chi connectivity index (χ2n) is 5.76. The summed E-state index contributed by atoms with van der Waals surface area (Å²) >= 11 is 11.8. The van der Waals surface area contributed by atoms with E-state index in [1.165, 1.54) is 23.0 Å². The normalized spacial score (nSPS) is 12.2. The minimum absolute atomic E-state index is 0.0822. The van der Waals surface area contributed by atoms with Gasteiger partial charge in [-0.3, -0.25) is 14.3 Å². The van der Waals surface area contributed by atoms with Crippen molar-refractivity contribution in [1.82, 2.24) is 15.1 Å². The molecule has 2 aromatic carbocycles. The number of hydrogen-bond donors (Lipinski definition) is 1. The molecule has 1 aromatic heterocycles. The van der Waals surface area contributed by atoms with Gasteiger partial charge >= 0.3 is 0 Å². The fourth-order valence-electron chi connectivity index (χ4n) is 2.66. The zero-order valence-corrected chi connectivity index (χ0v) is 15.2. The van der Waals surface area contributed by atoms with Crippen LogP contribution < -0.4 is 10.7 Å². The van der Waals surface area contributed by atoms with Crippen molar-refractivity contribution in [2.45, 2.75) is 19.5 Å². The minimum Gasteiger partial charge on any atom is -0.348 e. The van der Waals surface area contributed by atoms with Gasteiger partial charge in [-0.2, -0.15) is 5.10 Å². The number of nitrogens with zero attached hydrogens (tertiary/aromatic N) is 2. The number of halogens is 3. The highest BCUT2D eigenvalue weighted by Gasteiger charge is 2.16. The lowest BCUT2D eigenvalue weighted by atomic mass is 10.1. The maximum absolute atomic E-state index is 13.7. The molecular weight excluding hydrogens is 380 g/mol. The molecule has 3 rings (SSSR count). The summed E-state index contributed by atoms with van der Waals surface area (Å²) in [5.41, 5.74) is 0.757. The first kappa shape index (κ1) is 18.4. The monoisotopic (exact) mass is 393 g/mol. The average molecular weight is 394 g/mol. The number of fused-ring (bicyclic) bond motifs is 1. The third kappa shape index (κ3) is 3.71.